The summed E-state index contributed by atoms with van der Waals surface area (Å²) < 4.78 is 30.2. The van der Waals surface area contributed by atoms with E-state index in [2.05, 4.69) is 27.3 Å². The normalized spacial score (nSPS) is 24.9. The van der Waals surface area contributed by atoms with Crippen LogP contribution in [0.15, 0.2) is 6.07 Å². The van der Waals surface area contributed by atoms with Crippen molar-refractivity contribution in [2.24, 2.45) is 5.92 Å². The molecule has 1 aliphatic carbocycles. The van der Waals surface area contributed by atoms with Gasteiger partial charge in [-0.25, -0.2) is 0 Å². The maximum Gasteiger partial charge on any atom is 0.311 e. The first-order valence-corrected chi connectivity index (χ1v) is 18.8. The SMILES string of the molecule is CCCC(=O)Oc1c(OC)c(C)cc2c1C1C3Cc4c(OC(C)=O)c(C)c5c(c4[C@H](CNC(=O)CC4CCCCC4)N3[C@@H](C#N)C(C2)N1C)OCO5. The van der Waals surface area contributed by atoms with Gasteiger partial charge in [-0.3, -0.25) is 24.2 Å². The summed E-state index contributed by atoms with van der Waals surface area (Å²) in [6.45, 7) is 7.34. The summed E-state index contributed by atoms with van der Waals surface area (Å²) in [6.07, 6.45) is 7.90. The van der Waals surface area contributed by atoms with E-state index in [0.717, 1.165) is 53.5 Å². The zero-order chi connectivity index (χ0) is 36.8. The molecule has 1 saturated carbocycles. The Bertz CT molecular complexity index is 1810. The monoisotopic (exact) mass is 714 g/mol. The van der Waals surface area contributed by atoms with Crippen LogP contribution < -0.4 is 29.0 Å². The number of carbonyl (C=O) groups is 3. The molecule has 0 radical (unpaired) electrons. The Morgan fingerprint density at radius 1 is 1.00 bits per heavy atom. The second-order valence-electron chi connectivity index (χ2n) is 15.1. The van der Waals surface area contributed by atoms with E-state index in [1.54, 1.807) is 7.11 Å². The molecule has 2 aromatic rings. The van der Waals surface area contributed by atoms with Crippen molar-refractivity contribution in [1.82, 2.24) is 15.1 Å². The molecule has 0 spiro atoms. The summed E-state index contributed by atoms with van der Waals surface area (Å²) in [7, 11) is 3.61. The highest BCUT2D eigenvalue weighted by Crippen LogP contribution is 2.58. The number of hydrogen-bond donors (Lipinski definition) is 1. The average Bonchev–Trinajstić information content (AvgIpc) is 3.60. The molecule has 4 aliphatic heterocycles. The molecule has 2 bridgehead atoms. The number of piperazine rings is 1. The molecule has 2 fully saturated rings. The standard InChI is InChI=1S/C40H50N4O8/c1-7-11-32(47)52-40-33-25(14-21(2)36(40)48-6)16-27-29(18-41)44-28(35(33)43(27)5)17-26-34(30(44)19-42-31(46)15-24-12-9-8-10-13-24)39-38(49-20-50-39)22(3)37(26)51-23(4)45/h14,24,27-30,35H,7-13,15-17,19-20H2,1-6H3,(H,42,46)/t27?,28?,29-,30-,35?/m0/s1. The highest BCUT2D eigenvalue weighted by molar-refractivity contribution is 5.77. The molecule has 2 aromatic carbocycles. The summed E-state index contributed by atoms with van der Waals surface area (Å²) in [5.74, 6) is 1.93. The van der Waals surface area contributed by atoms with Crippen LogP contribution in [0.5, 0.6) is 28.7 Å². The fraction of sp³-hybridized carbons (Fsp3) is 0.600. The van der Waals surface area contributed by atoms with Crippen LogP contribution in [-0.4, -0.2) is 73.3 Å². The van der Waals surface area contributed by atoms with Crippen molar-refractivity contribution in [2.45, 2.75) is 122 Å². The van der Waals surface area contributed by atoms with Crippen molar-refractivity contribution < 1.29 is 38.1 Å². The first-order chi connectivity index (χ1) is 25.1. The second kappa shape index (κ2) is 14.6. The van der Waals surface area contributed by atoms with Gasteiger partial charge in [0.1, 0.15) is 11.8 Å². The molecule has 52 heavy (non-hydrogen) atoms. The van der Waals surface area contributed by atoms with Crippen molar-refractivity contribution in [3.05, 3.63) is 39.4 Å². The third-order valence-corrected chi connectivity index (χ3v) is 11.9. The molecule has 1 saturated heterocycles. The molecule has 5 aliphatic rings. The largest absolute Gasteiger partial charge is 0.493 e. The molecular formula is C40H50N4O8. The minimum Gasteiger partial charge on any atom is -0.493 e. The number of rotatable bonds is 9. The van der Waals surface area contributed by atoms with Crippen molar-refractivity contribution in [3.63, 3.8) is 0 Å². The number of amides is 1. The number of benzene rings is 2. The number of nitriles is 1. The zero-order valence-corrected chi connectivity index (χ0v) is 31.1. The molecule has 12 nitrogen and oxygen atoms in total. The highest BCUT2D eigenvalue weighted by Gasteiger charge is 2.57. The van der Waals surface area contributed by atoms with E-state index in [1.807, 2.05) is 27.8 Å². The number of hydrogen-bond acceptors (Lipinski definition) is 11. The fourth-order valence-corrected chi connectivity index (χ4v) is 9.69. The highest BCUT2D eigenvalue weighted by atomic mass is 16.7. The summed E-state index contributed by atoms with van der Waals surface area (Å²) in [5, 5.41) is 14.3. The number of nitrogens with one attached hydrogen (secondary N) is 1. The number of likely N-dealkylation sites (N-methyl/N-ethyl adjacent to an activating group) is 1. The molecule has 12 heteroatoms. The van der Waals surface area contributed by atoms with Crippen LogP contribution in [0, 0.1) is 31.1 Å². The molecule has 0 aromatic heterocycles. The minimum absolute atomic E-state index is 0.00496. The third kappa shape index (κ3) is 6.15. The van der Waals surface area contributed by atoms with Crippen LogP contribution in [-0.2, 0) is 27.2 Å². The van der Waals surface area contributed by atoms with E-state index in [1.165, 1.54) is 13.3 Å². The number of esters is 2. The van der Waals surface area contributed by atoms with Gasteiger partial charge < -0.3 is 29.0 Å². The van der Waals surface area contributed by atoms with Crippen molar-refractivity contribution >= 4 is 17.8 Å². The lowest BCUT2D eigenvalue weighted by atomic mass is 9.71. The lowest BCUT2D eigenvalue weighted by Gasteiger charge is -2.60. The summed E-state index contributed by atoms with van der Waals surface area (Å²) in [6, 6.07) is 2.75. The van der Waals surface area contributed by atoms with Crippen LogP contribution in [0.3, 0.4) is 0 Å². The number of aryl methyl sites for hydroxylation is 1. The maximum absolute atomic E-state index is 13.6. The van der Waals surface area contributed by atoms with E-state index in [9.17, 15) is 19.6 Å². The Morgan fingerprint density at radius 3 is 2.44 bits per heavy atom. The molecule has 7 rings (SSSR count). The molecular weight excluding hydrogens is 664 g/mol. The van der Waals surface area contributed by atoms with Gasteiger partial charge in [0.2, 0.25) is 12.7 Å². The number of ether oxygens (including phenoxy) is 5. The first-order valence-electron chi connectivity index (χ1n) is 18.8. The summed E-state index contributed by atoms with van der Waals surface area (Å²) in [5.41, 5.74) is 4.92. The number of methoxy groups -OCH3 is 1. The molecule has 4 heterocycles. The quantitative estimate of drug-likeness (QED) is 0.259. The molecule has 5 atom stereocenters. The minimum atomic E-state index is -0.572. The lowest BCUT2D eigenvalue weighted by molar-refractivity contribution is -0.135. The van der Waals surface area contributed by atoms with Gasteiger partial charge in [0.25, 0.3) is 0 Å². The van der Waals surface area contributed by atoms with E-state index in [0.29, 0.717) is 65.9 Å². The zero-order valence-electron chi connectivity index (χ0n) is 31.1. The van der Waals surface area contributed by atoms with E-state index >= 15 is 0 Å². The Kier molecular flexibility index (Phi) is 10.1. The van der Waals surface area contributed by atoms with Crippen molar-refractivity contribution in [2.75, 3.05) is 27.5 Å². The topological polar surface area (TPSA) is 140 Å². The van der Waals surface area contributed by atoms with Gasteiger partial charge in [-0.2, -0.15) is 5.26 Å². The Hall–Kier alpha value is -4.34. The maximum atomic E-state index is 13.6. The number of nitrogens with zero attached hydrogens (tertiary/aromatic N) is 3. The van der Waals surface area contributed by atoms with Crippen LogP contribution in [0.2, 0.25) is 0 Å². The molecule has 1 N–H and O–H groups in total. The van der Waals surface area contributed by atoms with Crippen LogP contribution >= 0.6 is 0 Å². The second-order valence-corrected chi connectivity index (χ2v) is 15.1. The summed E-state index contributed by atoms with van der Waals surface area (Å²) in [4.78, 5) is 43.9. The van der Waals surface area contributed by atoms with Gasteiger partial charge in [0.05, 0.1) is 25.3 Å². The van der Waals surface area contributed by atoms with Gasteiger partial charge in [0, 0.05) is 60.6 Å². The van der Waals surface area contributed by atoms with Gasteiger partial charge in [0.15, 0.2) is 23.0 Å². The van der Waals surface area contributed by atoms with Crippen LogP contribution in [0.4, 0.5) is 0 Å². The van der Waals surface area contributed by atoms with Gasteiger partial charge in [-0.1, -0.05) is 32.3 Å². The molecule has 278 valence electrons. The van der Waals surface area contributed by atoms with E-state index < -0.39 is 18.1 Å². The predicted octanol–water partition coefficient (Wildman–Crippen LogP) is 5.53. The van der Waals surface area contributed by atoms with Crippen molar-refractivity contribution in [3.8, 4) is 34.8 Å². The fourth-order valence-electron chi connectivity index (χ4n) is 9.69. The molecule has 1 amide bonds. The van der Waals surface area contributed by atoms with E-state index in [4.69, 9.17) is 23.7 Å². The smallest absolute Gasteiger partial charge is 0.311 e. The van der Waals surface area contributed by atoms with E-state index in [-0.39, 0.29) is 49.8 Å². The Morgan fingerprint density at radius 2 is 1.75 bits per heavy atom. The third-order valence-electron chi connectivity index (χ3n) is 11.9. The predicted molar refractivity (Wildman–Crippen MR) is 191 cm³/mol. The average molecular weight is 715 g/mol. The molecule has 3 unspecified atom stereocenters. The van der Waals surface area contributed by atoms with Crippen LogP contribution in [0.25, 0.3) is 0 Å². The van der Waals surface area contributed by atoms with Crippen molar-refractivity contribution in [1.29, 1.82) is 5.26 Å². The van der Waals surface area contributed by atoms with Crippen LogP contribution in [0.1, 0.15) is 111 Å². The Balaban J connectivity index is 1.40. The number of carbonyl (C=O) groups excluding carboxylic acids is 3. The number of fused-ring (bicyclic) bond motifs is 9. The van der Waals surface area contributed by atoms with Gasteiger partial charge in [-0.05, 0) is 70.0 Å². The van der Waals surface area contributed by atoms with Gasteiger partial charge >= 0.3 is 11.9 Å². The lowest BCUT2D eigenvalue weighted by Crippen LogP contribution is -2.68. The summed E-state index contributed by atoms with van der Waals surface area (Å²) >= 11 is 0. The first kappa shape index (κ1) is 36.0. The Labute approximate surface area is 305 Å². The van der Waals surface area contributed by atoms with Gasteiger partial charge in [-0.15, -0.1) is 0 Å².